The van der Waals surface area contributed by atoms with Gasteiger partial charge in [0.25, 0.3) is 0 Å². The second kappa shape index (κ2) is 5.77. The van der Waals surface area contributed by atoms with Crippen LogP contribution in [0, 0.1) is 0 Å². The van der Waals surface area contributed by atoms with Crippen molar-refractivity contribution in [1.82, 2.24) is 5.32 Å². The van der Waals surface area contributed by atoms with E-state index in [1.807, 2.05) is 0 Å². The third-order valence-corrected chi connectivity index (χ3v) is 4.45. The fourth-order valence-corrected chi connectivity index (χ4v) is 3.35. The van der Waals surface area contributed by atoms with Crippen molar-refractivity contribution in [3.63, 3.8) is 0 Å². The van der Waals surface area contributed by atoms with E-state index in [1.165, 1.54) is 31.4 Å². The standard InChI is InChI=1S/C18H17F4NO/c1-23-10-12-11-6-3-4-7-13(11)17(19,20)18(21,22)14-8-5-9-15(24-2)16(12)14/h3-9,12,23H,10H2,1-2H3. The summed E-state index contributed by atoms with van der Waals surface area (Å²) in [5.41, 5.74) is -1.06. The van der Waals surface area contributed by atoms with Crippen molar-refractivity contribution in [2.24, 2.45) is 0 Å². The summed E-state index contributed by atoms with van der Waals surface area (Å²) in [4.78, 5) is 0. The molecule has 6 heteroatoms. The van der Waals surface area contributed by atoms with E-state index in [9.17, 15) is 17.6 Å². The Labute approximate surface area is 137 Å². The van der Waals surface area contributed by atoms with Crippen LogP contribution in [0.5, 0.6) is 5.75 Å². The third kappa shape index (κ3) is 2.20. The Kier molecular flexibility index (Phi) is 4.03. The highest BCUT2D eigenvalue weighted by Crippen LogP contribution is 2.57. The summed E-state index contributed by atoms with van der Waals surface area (Å²) in [6.45, 7) is 0.233. The van der Waals surface area contributed by atoms with Crippen LogP contribution in [0.4, 0.5) is 17.6 Å². The van der Waals surface area contributed by atoms with E-state index in [0.29, 0.717) is 0 Å². The number of rotatable bonds is 3. The first kappa shape index (κ1) is 16.8. The lowest BCUT2D eigenvalue weighted by atomic mass is 9.87. The van der Waals surface area contributed by atoms with Crippen LogP contribution >= 0.6 is 0 Å². The zero-order valence-corrected chi connectivity index (χ0v) is 13.2. The molecule has 0 heterocycles. The summed E-state index contributed by atoms with van der Waals surface area (Å²) in [6, 6.07) is 9.37. The Morgan fingerprint density at radius 1 is 0.958 bits per heavy atom. The minimum atomic E-state index is -4.34. The molecule has 0 fully saturated rings. The van der Waals surface area contributed by atoms with Crippen LogP contribution in [0.1, 0.15) is 28.2 Å². The first-order chi connectivity index (χ1) is 11.4. The Hall–Kier alpha value is -2.08. The number of alkyl halides is 4. The molecule has 0 radical (unpaired) electrons. The van der Waals surface area contributed by atoms with Gasteiger partial charge in [0.1, 0.15) is 5.75 Å². The Morgan fingerprint density at radius 2 is 1.58 bits per heavy atom. The number of benzene rings is 2. The maximum absolute atomic E-state index is 14.8. The van der Waals surface area contributed by atoms with E-state index >= 15 is 0 Å². The zero-order chi connectivity index (χ0) is 17.5. The van der Waals surface area contributed by atoms with E-state index in [2.05, 4.69) is 5.32 Å². The van der Waals surface area contributed by atoms with Gasteiger partial charge < -0.3 is 10.1 Å². The highest BCUT2D eigenvalue weighted by molar-refractivity contribution is 5.55. The molecule has 0 aromatic heterocycles. The molecule has 0 bridgehead atoms. The molecule has 0 spiro atoms. The number of hydrogen-bond donors (Lipinski definition) is 1. The second-order valence-electron chi connectivity index (χ2n) is 5.77. The van der Waals surface area contributed by atoms with Crippen molar-refractivity contribution in [3.05, 3.63) is 64.7 Å². The van der Waals surface area contributed by atoms with Gasteiger partial charge in [-0.05, 0) is 18.7 Å². The minimum Gasteiger partial charge on any atom is -0.496 e. The van der Waals surface area contributed by atoms with Crippen molar-refractivity contribution < 1.29 is 22.3 Å². The lowest BCUT2D eigenvalue weighted by molar-refractivity contribution is -0.223. The molecule has 2 nitrogen and oxygen atoms in total. The molecule has 1 aliphatic rings. The molecule has 2 aromatic carbocycles. The lowest BCUT2D eigenvalue weighted by Gasteiger charge is -2.27. The van der Waals surface area contributed by atoms with Crippen LogP contribution < -0.4 is 10.1 Å². The summed E-state index contributed by atoms with van der Waals surface area (Å²) < 4.78 is 64.4. The Morgan fingerprint density at radius 3 is 2.25 bits per heavy atom. The van der Waals surface area contributed by atoms with Crippen LogP contribution in [0.3, 0.4) is 0 Å². The number of methoxy groups -OCH3 is 1. The van der Waals surface area contributed by atoms with Gasteiger partial charge in [0.05, 0.1) is 7.11 Å². The summed E-state index contributed by atoms with van der Waals surface area (Å²) >= 11 is 0. The first-order valence-electron chi connectivity index (χ1n) is 7.53. The lowest BCUT2D eigenvalue weighted by Crippen LogP contribution is -2.35. The highest BCUT2D eigenvalue weighted by atomic mass is 19.3. The quantitative estimate of drug-likeness (QED) is 0.845. The largest absolute Gasteiger partial charge is 0.496 e. The van der Waals surface area contributed by atoms with Crippen molar-refractivity contribution in [3.8, 4) is 5.75 Å². The smallest absolute Gasteiger partial charge is 0.340 e. The van der Waals surface area contributed by atoms with E-state index < -0.39 is 28.9 Å². The fraction of sp³-hybridized carbons (Fsp3) is 0.333. The Bertz CT molecular complexity index is 760. The molecular formula is C18H17F4NO. The molecule has 0 saturated heterocycles. The summed E-state index contributed by atoms with van der Waals surface area (Å²) in [6.07, 6.45) is 0. The first-order valence-corrected chi connectivity index (χ1v) is 7.53. The van der Waals surface area contributed by atoms with E-state index in [0.717, 1.165) is 12.1 Å². The number of ether oxygens (including phenoxy) is 1. The van der Waals surface area contributed by atoms with Gasteiger partial charge in [-0.2, -0.15) is 17.6 Å². The van der Waals surface area contributed by atoms with Gasteiger partial charge in [0.2, 0.25) is 0 Å². The molecule has 0 saturated carbocycles. The average Bonchev–Trinajstić information content (AvgIpc) is 2.63. The normalized spacial score (nSPS) is 20.7. The predicted molar refractivity (Wildman–Crippen MR) is 83.0 cm³/mol. The molecule has 3 rings (SSSR count). The number of fused-ring (bicyclic) bond motifs is 2. The summed E-state index contributed by atoms with van der Waals surface area (Å²) in [5.74, 6) is -9.14. The molecule has 0 aliphatic heterocycles. The van der Waals surface area contributed by atoms with Gasteiger partial charge >= 0.3 is 11.8 Å². The highest BCUT2D eigenvalue weighted by Gasteiger charge is 2.62. The fourth-order valence-electron chi connectivity index (χ4n) is 3.35. The second-order valence-corrected chi connectivity index (χ2v) is 5.77. The van der Waals surface area contributed by atoms with Crippen molar-refractivity contribution in [2.45, 2.75) is 17.8 Å². The molecule has 24 heavy (non-hydrogen) atoms. The molecule has 1 N–H and O–H groups in total. The number of halogens is 4. The molecule has 0 amide bonds. The van der Waals surface area contributed by atoms with Crippen LogP contribution in [-0.2, 0) is 11.8 Å². The van der Waals surface area contributed by atoms with Crippen LogP contribution in [-0.4, -0.2) is 20.7 Å². The minimum absolute atomic E-state index is 0.101. The number of nitrogens with one attached hydrogen (secondary N) is 1. The molecule has 1 atom stereocenters. The summed E-state index contributed by atoms with van der Waals surface area (Å²) in [5, 5.41) is 2.91. The predicted octanol–water partition coefficient (Wildman–Crippen LogP) is 4.24. The van der Waals surface area contributed by atoms with Gasteiger partial charge in [-0.1, -0.05) is 36.4 Å². The maximum atomic E-state index is 14.8. The van der Waals surface area contributed by atoms with Crippen molar-refractivity contribution in [2.75, 3.05) is 20.7 Å². The SMILES string of the molecule is CNCC1c2ccccc2C(F)(F)C(F)(F)c2cccc(OC)c21. The maximum Gasteiger partial charge on any atom is 0.340 e. The van der Waals surface area contributed by atoms with Gasteiger partial charge in [-0.25, -0.2) is 0 Å². The zero-order valence-electron chi connectivity index (χ0n) is 13.2. The van der Waals surface area contributed by atoms with E-state index in [1.54, 1.807) is 13.1 Å². The van der Waals surface area contributed by atoms with Crippen molar-refractivity contribution >= 4 is 0 Å². The van der Waals surface area contributed by atoms with Gasteiger partial charge in [0, 0.05) is 29.2 Å². The number of hydrogen-bond acceptors (Lipinski definition) is 2. The molecule has 1 aliphatic carbocycles. The van der Waals surface area contributed by atoms with E-state index in [-0.39, 0.29) is 23.4 Å². The molecular weight excluding hydrogens is 322 g/mol. The van der Waals surface area contributed by atoms with Crippen LogP contribution in [0.2, 0.25) is 0 Å². The topological polar surface area (TPSA) is 21.3 Å². The molecule has 128 valence electrons. The van der Waals surface area contributed by atoms with Crippen LogP contribution in [0.25, 0.3) is 0 Å². The average molecular weight is 339 g/mol. The van der Waals surface area contributed by atoms with E-state index in [4.69, 9.17) is 4.74 Å². The van der Waals surface area contributed by atoms with Gasteiger partial charge in [-0.15, -0.1) is 0 Å². The molecule has 2 aromatic rings. The number of likely N-dealkylation sites (N-methyl/N-ethyl adjacent to an activating group) is 1. The monoisotopic (exact) mass is 339 g/mol. The van der Waals surface area contributed by atoms with Crippen LogP contribution in [0.15, 0.2) is 42.5 Å². The van der Waals surface area contributed by atoms with Gasteiger partial charge in [-0.3, -0.25) is 0 Å². The van der Waals surface area contributed by atoms with Crippen molar-refractivity contribution in [1.29, 1.82) is 0 Å². The Balaban J connectivity index is 2.43. The summed E-state index contributed by atoms with van der Waals surface area (Å²) in [7, 11) is 3.00. The van der Waals surface area contributed by atoms with Gasteiger partial charge in [0.15, 0.2) is 0 Å². The molecule has 1 unspecified atom stereocenters. The third-order valence-electron chi connectivity index (χ3n) is 4.45.